The van der Waals surface area contributed by atoms with Crippen LogP contribution in [0.25, 0.3) is 22.2 Å². The third kappa shape index (κ3) is 5.12. The van der Waals surface area contributed by atoms with Crippen LogP contribution in [0.5, 0.6) is 0 Å². The number of carboxylic acid groups (broad SMARTS) is 1. The van der Waals surface area contributed by atoms with E-state index in [1.807, 2.05) is 54.6 Å². The summed E-state index contributed by atoms with van der Waals surface area (Å²) in [7, 11) is 3.38. The number of amides is 2. The van der Waals surface area contributed by atoms with Crippen LogP contribution in [0.4, 0.5) is 11.4 Å². The van der Waals surface area contributed by atoms with Gasteiger partial charge in [-0.3, -0.25) is 9.59 Å². The normalized spacial score (nSPS) is 14.5. The van der Waals surface area contributed by atoms with E-state index in [-0.39, 0.29) is 23.8 Å². The maximum atomic E-state index is 13.1. The SMILES string of the molecule is CN(C)C(=O)CCC(O)n1ccc2cc(N/C(=C3/C(=O)Nc4cc(C(=O)O)ccc43)c3ccccc3)ccc21. The fourth-order valence-corrected chi connectivity index (χ4v) is 4.70. The maximum absolute atomic E-state index is 13.1. The first-order chi connectivity index (χ1) is 18.7. The van der Waals surface area contributed by atoms with Gasteiger partial charge < -0.3 is 30.3 Å². The van der Waals surface area contributed by atoms with Crippen LogP contribution < -0.4 is 10.6 Å². The summed E-state index contributed by atoms with van der Waals surface area (Å²) in [5, 5.41) is 27.1. The Labute approximate surface area is 225 Å². The number of fused-ring (bicyclic) bond motifs is 2. The summed E-state index contributed by atoms with van der Waals surface area (Å²) in [6, 6.07) is 21.6. The van der Waals surface area contributed by atoms with Crippen molar-refractivity contribution in [2.75, 3.05) is 24.7 Å². The van der Waals surface area contributed by atoms with E-state index in [1.54, 1.807) is 30.9 Å². The molecule has 5 rings (SSSR count). The van der Waals surface area contributed by atoms with Crippen molar-refractivity contribution in [3.05, 3.63) is 95.7 Å². The molecule has 4 aromatic rings. The second-order valence-electron chi connectivity index (χ2n) is 9.56. The zero-order chi connectivity index (χ0) is 27.7. The van der Waals surface area contributed by atoms with E-state index in [2.05, 4.69) is 10.6 Å². The Morgan fingerprint density at radius 2 is 1.77 bits per heavy atom. The van der Waals surface area contributed by atoms with Gasteiger partial charge in [0.25, 0.3) is 5.91 Å². The summed E-state index contributed by atoms with van der Waals surface area (Å²) in [5.41, 5.74) is 4.46. The molecule has 9 heteroatoms. The highest BCUT2D eigenvalue weighted by atomic mass is 16.4. The molecule has 3 aromatic carbocycles. The maximum Gasteiger partial charge on any atom is 0.335 e. The Morgan fingerprint density at radius 1 is 1.00 bits per heavy atom. The number of anilines is 2. The van der Waals surface area contributed by atoms with Crippen LogP contribution in [0.3, 0.4) is 0 Å². The zero-order valence-corrected chi connectivity index (χ0v) is 21.5. The molecule has 39 heavy (non-hydrogen) atoms. The molecule has 0 radical (unpaired) electrons. The van der Waals surface area contributed by atoms with Gasteiger partial charge in [0.2, 0.25) is 5.91 Å². The topological polar surface area (TPSA) is 124 Å². The van der Waals surface area contributed by atoms with Gasteiger partial charge in [-0.05, 0) is 42.0 Å². The van der Waals surface area contributed by atoms with Crippen molar-refractivity contribution in [2.24, 2.45) is 0 Å². The molecule has 0 saturated heterocycles. The fourth-order valence-electron chi connectivity index (χ4n) is 4.70. The second kappa shape index (κ2) is 10.5. The minimum Gasteiger partial charge on any atom is -0.478 e. The molecule has 0 bridgehead atoms. The molecule has 4 N–H and O–H groups in total. The van der Waals surface area contributed by atoms with Crippen molar-refractivity contribution < 1.29 is 24.6 Å². The van der Waals surface area contributed by atoms with Crippen LogP contribution in [0.1, 0.15) is 40.6 Å². The lowest BCUT2D eigenvalue weighted by Crippen LogP contribution is -2.22. The van der Waals surface area contributed by atoms with Gasteiger partial charge in [-0.15, -0.1) is 0 Å². The monoisotopic (exact) mass is 524 g/mol. The molecule has 198 valence electrons. The smallest absolute Gasteiger partial charge is 0.335 e. The lowest BCUT2D eigenvalue weighted by Gasteiger charge is -2.17. The lowest BCUT2D eigenvalue weighted by atomic mass is 9.99. The van der Waals surface area contributed by atoms with Gasteiger partial charge in [-0.1, -0.05) is 36.4 Å². The Hall–Kier alpha value is -4.89. The molecule has 1 aliphatic rings. The number of hydrogen-bond donors (Lipinski definition) is 4. The molecule has 1 unspecified atom stereocenters. The van der Waals surface area contributed by atoms with Crippen LogP contribution in [-0.4, -0.2) is 51.6 Å². The van der Waals surface area contributed by atoms with E-state index in [0.29, 0.717) is 28.9 Å². The van der Waals surface area contributed by atoms with Gasteiger partial charge in [0, 0.05) is 49.8 Å². The number of nitrogens with zero attached hydrogens (tertiary/aromatic N) is 2. The number of benzene rings is 3. The zero-order valence-electron chi connectivity index (χ0n) is 21.5. The van der Waals surface area contributed by atoms with Crippen molar-refractivity contribution in [3.8, 4) is 0 Å². The number of carbonyl (C=O) groups is 3. The summed E-state index contributed by atoms with van der Waals surface area (Å²) < 4.78 is 1.74. The van der Waals surface area contributed by atoms with Gasteiger partial charge >= 0.3 is 5.97 Å². The Morgan fingerprint density at radius 3 is 2.49 bits per heavy atom. The van der Waals surface area contributed by atoms with Gasteiger partial charge in [-0.25, -0.2) is 4.79 Å². The molecule has 1 aliphatic heterocycles. The van der Waals surface area contributed by atoms with E-state index >= 15 is 0 Å². The van der Waals surface area contributed by atoms with Crippen molar-refractivity contribution in [1.82, 2.24) is 9.47 Å². The van der Waals surface area contributed by atoms with E-state index < -0.39 is 12.2 Å². The highest BCUT2D eigenvalue weighted by Crippen LogP contribution is 2.38. The molecule has 1 aromatic heterocycles. The number of aromatic carboxylic acids is 1. The second-order valence-corrected chi connectivity index (χ2v) is 9.56. The van der Waals surface area contributed by atoms with Gasteiger partial charge in [0.15, 0.2) is 0 Å². The third-order valence-corrected chi connectivity index (χ3v) is 6.75. The molecule has 0 fully saturated rings. The molecule has 2 heterocycles. The van der Waals surface area contributed by atoms with E-state index in [9.17, 15) is 24.6 Å². The molecular weight excluding hydrogens is 496 g/mol. The Kier molecular flexibility index (Phi) is 6.91. The number of aliphatic hydroxyl groups excluding tert-OH is 1. The van der Waals surface area contributed by atoms with Crippen molar-refractivity contribution in [2.45, 2.75) is 19.1 Å². The fraction of sp³-hybridized carbons (Fsp3) is 0.167. The van der Waals surface area contributed by atoms with Crippen LogP contribution in [0.15, 0.2) is 79.0 Å². The Bertz CT molecular complexity index is 1620. The number of nitrogens with one attached hydrogen (secondary N) is 2. The van der Waals surface area contributed by atoms with Crippen molar-refractivity contribution >= 4 is 51.3 Å². The largest absolute Gasteiger partial charge is 0.478 e. The first kappa shape index (κ1) is 25.7. The predicted octanol–water partition coefficient (Wildman–Crippen LogP) is 4.63. The standard InChI is InChI=1S/C30H28N4O5/c1-33(2)25(35)12-13-26(36)34-15-14-19-16-21(9-11-24(19)34)31-28(18-6-4-3-5-7-18)27-22-10-8-20(30(38)39)17-23(22)32-29(27)37/h3-11,14-17,26,31,36H,12-13H2,1-2H3,(H,32,37)(H,38,39)/b28-27+. The van der Waals surface area contributed by atoms with Gasteiger partial charge in [0.05, 0.1) is 28.0 Å². The molecule has 1 atom stereocenters. The number of aromatic nitrogens is 1. The summed E-state index contributed by atoms with van der Waals surface area (Å²) in [6.07, 6.45) is 1.47. The van der Waals surface area contributed by atoms with Gasteiger partial charge in [-0.2, -0.15) is 0 Å². The molecule has 2 amide bonds. The minimum absolute atomic E-state index is 0.0461. The third-order valence-electron chi connectivity index (χ3n) is 6.75. The number of aliphatic hydroxyl groups is 1. The van der Waals surface area contributed by atoms with Gasteiger partial charge in [0.1, 0.15) is 6.23 Å². The molecule has 0 saturated carbocycles. The Balaban J connectivity index is 1.50. The summed E-state index contributed by atoms with van der Waals surface area (Å²) in [4.78, 5) is 38.0. The van der Waals surface area contributed by atoms with Crippen LogP contribution >= 0.6 is 0 Å². The molecule has 0 aliphatic carbocycles. The summed E-state index contributed by atoms with van der Waals surface area (Å²) in [5.74, 6) is -1.45. The first-order valence-electron chi connectivity index (χ1n) is 12.5. The minimum atomic E-state index is -1.07. The van der Waals surface area contributed by atoms with Crippen LogP contribution in [0.2, 0.25) is 0 Å². The molecule has 9 nitrogen and oxygen atoms in total. The summed E-state index contributed by atoms with van der Waals surface area (Å²) >= 11 is 0. The first-order valence-corrected chi connectivity index (χ1v) is 12.5. The highest BCUT2D eigenvalue weighted by Gasteiger charge is 2.29. The number of carbonyl (C=O) groups excluding carboxylic acids is 2. The number of hydrogen-bond acceptors (Lipinski definition) is 5. The average Bonchev–Trinajstić information content (AvgIpc) is 3.50. The number of rotatable bonds is 8. The average molecular weight is 525 g/mol. The number of carboxylic acids is 1. The summed E-state index contributed by atoms with van der Waals surface area (Å²) in [6.45, 7) is 0. The van der Waals surface area contributed by atoms with E-state index in [4.69, 9.17) is 0 Å². The predicted molar refractivity (Wildman–Crippen MR) is 150 cm³/mol. The van der Waals surface area contributed by atoms with E-state index in [0.717, 1.165) is 22.2 Å². The van der Waals surface area contributed by atoms with Crippen LogP contribution in [-0.2, 0) is 9.59 Å². The highest BCUT2D eigenvalue weighted by molar-refractivity contribution is 6.37. The quantitative estimate of drug-likeness (QED) is 0.249. The van der Waals surface area contributed by atoms with Crippen LogP contribution in [0, 0.1) is 0 Å². The van der Waals surface area contributed by atoms with Crippen molar-refractivity contribution in [3.63, 3.8) is 0 Å². The molecule has 0 spiro atoms. The lowest BCUT2D eigenvalue weighted by molar-refractivity contribution is -0.129. The molecular formula is C30H28N4O5. The van der Waals surface area contributed by atoms with Crippen molar-refractivity contribution in [1.29, 1.82) is 0 Å². The van der Waals surface area contributed by atoms with E-state index in [1.165, 1.54) is 17.0 Å².